The van der Waals surface area contributed by atoms with Crippen molar-refractivity contribution in [2.75, 3.05) is 31.1 Å². The molecule has 160 valence electrons. The second kappa shape index (κ2) is 8.98. The molecule has 3 aromatic rings. The number of fused-ring (bicyclic) bond motifs is 1. The number of benzene rings is 1. The van der Waals surface area contributed by atoms with E-state index in [0.717, 1.165) is 49.1 Å². The number of thiazole rings is 1. The molecule has 1 aliphatic carbocycles. The zero-order chi connectivity index (χ0) is 20.3. The quantitative estimate of drug-likeness (QED) is 0.557. The van der Waals surface area contributed by atoms with E-state index in [-0.39, 0.29) is 0 Å². The fourth-order valence-electron chi connectivity index (χ4n) is 4.92. The molecule has 1 aromatic carbocycles. The molecule has 3 heterocycles. The number of hydrogen-bond donors (Lipinski definition) is 0. The van der Waals surface area contributed by atoms with Crippen LogP contribution in [0, 0.1) is 0 Å². The van der Waals surface area contributed by atoms with Gasteiger partial charge in [-0.05, 0) is 41.8 Å². The third kappa shape index (κ3) is 3.95. The zero-order valence-corrected chi connectivity index (χ0v) is 18.6. The number of nitrogens with zero attached hydrogens (tertiary/aromatic N) is 7. The van der Waals surface area contributed by atoms with Crippen LogP contribution in [0.5, 0.6) is 0 Å². The Morgan fingerprint density at radius 3 is 2.67 bits per heavy atom. The molecule has 2 aliphatic rings. The first-order chi connectivity index (χ1) is 14.8. The van der Waals surface area contributed by atoms with Gasteiger partial charge in [0.05, 0.1) is 22.3 Å². The molecule has 2 aromatic heterocycles. The summed E-state index contributed by atoms with van der Waals surface area (Å²) in [4.78, 5) is 9.91. The number of piperazine rings is 1. The van der Waals surface area contributed by atoms with E-state index in [1.54, 1.807) is 11.3 Å². The summed E-state index contributed by atoms with van der Waals surface area (Å²) in [7, 11) is 0. The van der Waals surface area contributed by atoms with Crippen LogP contribution < -0.4 is 4.90 Å². The van der Waals surface area contributed by atoms with Crippen molar-refractivity contribution in [3.05, 3.63) is 30.1 Å². The van der Waals surface area contributed by atoms with Crippen molar-refractivity contribution in [1.29, 1.82) is 0 Å². The van der Waals surface area contributed by atoms with Gasteiger partial charge in [0.15, 0.2) is 11.0 Å². The van der Waals surface area contributed by atoms with Crippen molar-refractivity contribution in [3.63, 3.8) is 0 Å². The summed E-state index contributed by atoms with van der Waals surface area (Å²) >= 11 is 1.80. The van der Waals surface area contributed by atoms with Gasteiger partial charge in [0.2, 0.25) is 0 Å². The van der Waals surface area contributed by atoms with Crippen molar-refractivity contribution in [3.8, 4) is 0 Å². The SMILES string of the molecule is CCCCC(c1nnnn1C1CCCC1)N1CCN(c2nc3ccccc3s2)CC1. The molecule has 8 heteroatoms. The van der Waals surface area contributed by atoms with Gasteiger partial charge in [0, 0.05) is 26.2 Å². The third-order valence-electron chi connectivity index (χ3n) is 6.63. The summed E-state index contributed by atoms with van der Waals surface area (Å²) in [5.74, 6) is 1.09. The lowest BCUT2D eigenvalue weighted by Crippen LogP contribution is -2.48. The Hall–Kier alpha value is -2.06. The summed E-state index contributed by atoms with van der Waals surface area (Å²) in [6.07, 6.45) is 8.56. The maximum absolute atomic E-state index is 4.86. The summed E-state index contributed by atoms with van der Waals surface area (Å²) in [5, 5.41) is 14.2. The predicted molar refractivity (Wildman–Crippen MR) is 121 cm³/mol. The predicted octanol–water partition coefficient (Wildman–Crippen LogP) is 4.45. The number of para-hydroxylation sites is 1. The van der Waals surface area contributed by atoms with Crippen LogP contribution in [0.1, 0.15) is 69.8 Å². The van der Waals surface area contributed by atoms with Gasteiger partial charge >= 0.3 is 0 Å². The highest BCUT2D eigenvalue weighted by Gasteiger charge is 2.32. The first kappa shape index (κ1) is 19.9. The van der Waals surface area contributed by atoms with E-state index in [4.69, 9.17) is 4.98 Å². The van der Waals surface area contributed by atoms with E-state index in [0.29, 0.717) is 12.1 Å². The highest BCUT2D eigenvalue weighted by atomic mass is 32.1. The molecule has 1 saturated carbocycles. The maximum atomic E-state index is 4.86. The minimum Gasteiger partial charge on any atom is -0.345 e. The topological polar surface area (TPSA) is 63.0 Å². The largest absolute Gasteiger partial charge is 0.345 e. The van der Waals surface area contributed by atoms with Crippen molar-refractivity contribution in [1.82, 2.24) is 30.1 Å². The normalized spacial score (nSPS) is 19.7. The third-order valence-corrected chi connectivity index (χ3v) is 7.72. The molecule has 30 heavy (non-hydrogen) atoms. The molecule has 0 radical (unpaired) electrons. The Bertz CT molecular complexity index is 920. The lowest BCUT2D eigenvalue weighted by molar-refractivity contribution is 0.160. The average Bonchev–Trinajstić information content (AvgIpc) is 3.54. The number of anilines is 1. The van der Waals surface area contributed by atoms with Crippen LogP contribution in [-0.4, -0.2) is 56.3 Å². The van der Waals surface area contributed by atoms with Crippen molar-refractivity contribution in [2.24, 2.45) is 0 Å². The van der Waals surface area contributed by atoms with Gasteiger partial charge in [-0.15, -0.1) is 5.10 Å². The monoisotopic (exact) mass is 425 g/mol. The van der Waals surface area contributed by atoms with Crippen molar-refractivity contribution < 1.29 is 0 Å². The van der Waals surface area contributed by atoms with E-state index in [9.17, 15) is 0 Å². The van der Waals surface area contributed by atoms with Gasteiger partial charge in [-0.3, -0.25) is 4.90 Å². The Morgan fingerprint density at radius 1 is 1.10 bits per heavy atom. The summed E-state index contributed by atoms with van der Waals surface area (Å²) in [6, 6.07) is 9.23. The lowest BCUT2D eigenvalue weighted by atomic mass is 10.1. The highest BCUT2D eigenvalue weighted by molar-refractivity contribution is 7.22. The molecule has 1 atom stereocenters. The molecular weight excluding hydrogens is 394 g/mol. The van der Waals surface area contributed by atoms with Gasteiger partial charge in [0.25, 0.3) is 0 Å². The van der Waals surface area contributed by atoms with Gasteiger partial charge in [-0.2, -0.15) is 0 Å². The Kier molecular flexibility index (Phi) is 5.95. The fourth-order valence-corrected chi connectivity index (χ4v) is 5.94. The van der Waals surface area contributed by atoms with Crippen LogP contribution in [-0.2, 0) is 0 Å². The van der Waals surface area contributed by atoms with E-state index in [1.165, 1.54) is 43.2 Å². The number of tetrazole rings is 1. The summed E-state index contributed by atoms with van der Waals surface area (Å²) < 4.78 is 3.43. The number of rotatable bonds is 7. The number of unbranched alkanes of at least 4 members (excludes halogenated alkanes) is 1. The van der Waals surface area contributed by atoms with Crippen LogP contribution in [0.25, 0.3) is 10.2 Å². The van der Waals surface area contributed by atoms with Gasteiger partial charge < -0.3 is 4.90 Å². The number of hydrogen-bond acceptors (Lipinski definition) is 7. The standard InChI is InChI=1S/C22H31N7S/c1-2-3-11-19(21-24-25-26-29(21)17-8-4-5-9-17)27-13-15-28(16-14-27)22-23-18-10-6-7-12-20(18)30-22/h6-7,10,12,17,19H,2-5,8-9,11,13-16H2,1H3. The molecule has 1 saturated heterocycles. The Balaban J connectivity index is 1.31. The molecule has 0 N–H and O–H groups in total. The lowest BCUT2D eigenvalue weighted by Gasteiger charge is -2.39. The first-order valence-electron chi connectivity index (χ1n) is 11.5. The Morgan fingerprint density at radius 2 is 1.90 bits per heavy atom. The molecule has 5 rings (SSSR count). The maximum Gasteiger partial charge on any atom is 0.186 e. The second-order valence-electron chi connectivity index (χ2n) is 8.57. The first-order valence-corrected chi connectivity index (χ1v) is 12.3. The molecule has 1 aliphatic heterocycles. The van der Waals surface area contributed by atoms with E-state index in [1.807, 2.05) is 0 Å². The summed E-state index contributed by atoms with van der Waals surface area (Å²) in [5.41, 5.74) is 1.11. The molecule has 0 amide bonds. The van der Waals surface area contributed by atoms with Crippen LogP contribution in [0.4, 0.5) is 5.13 Å². The van der Waals surface area contributed by atoms with E-state index < -0.39 is 0 Å². The van der Waals surface area contributed by atoms with Crippen LogP contribution >= 0.6 is 11.3 Å². The number of aromatic nitrogens is 5. The zero-order valence-electron chi connectivity index (χ0n) is 17.8. The molecule has 2 fully saturated rings. The molecule has 1 unspecified atom stereocenters. The summed E-state index contributed by atoms with van der Waals surface area (Å²) in [6.45, 7) is 6.34. The van der Waals surface area contributed by atoms with Gasteiger partial charge in [-0.25, -0.2) is 9.67 Å². The minimum absolute atomic E-state index is 0.318. The average molecular weight is 426 g/mol. The van der Waals surface area contributed by atoms with Crippen molar-refractivity contribution in [2.45, 2.75) is 64.0 Å². The van der Waals surface area contributed by atoms with Gasteiger partial charge in [0.1, 0.15) is 0 Å². The highest BCUT2D eigenvalue weighted by Crippen LogP contribution is 2.34. The molecule has 7 nitrogen and oxygen atoms in total. The molecular formula is C22H31N7S. The van der Waals surface area contributed by atoms with Gasteiger partial charge in [-0.1, -0.05) is 56.1 Å². The van der Waals surface area contributed by atoms with Crippen molar-refractivity contribution >= 4 is 26.7 Å². The Labute approximate surface area is 182 Å². The fraction of sp³-hybridized carbons (Fsp3) is 0.636. The van der Waals surface area contributed by atoms with Crippen LogP contribution in [0.2, 0.25) is 0 Å². The van der Waals surface area contributed by atoms with E-state index >= 15 is 0 Å². The molecule has 0 spiro atoms. The second-order valence-corrected chi connectivity index (χ2v) is 9.57. The minimum atomic E-state index is 0.318. The van der Waals surface area contributed by atoms with E-state index in [2.05, 4.69) is 61.2 Å². The van der Waals surface area contributed by atoms with Crippen LogP contribution in [0.3, 0.4) is 0 Å². The molecule has 0 bridgehead atoms. The smallest absolute Gasteiger partial charge is 0.186 e. The van der Waals surface area contributed by atoms with Crippen LogP contribution in [0.15, 0.2) is 24.3 Å².